The fourth-order valence-corrected chi connectivity index (χ4v) is 4.23. The van der Waals surface area contributed by atoms with E-state index in [-0.39, 0.29) is 17.2 Å². The SMILES string of the molecule is COC(=O)c1c(NC(=O)CSc2nc3ccccc3c(=O)[nH]2)sc(C)c1C. The van der Waals surface area contributed by atoms with Crippen molar-refractivity contribution < 1.29 is 14.3 Å². The molecule has 0 aliphatic rings. The number of aryl methyl sites for hydroxylation is 1. The molecule has 7 nitrogen and oxygen atoms in total. The summed E-state index contributed by atoms with van der Waals surface area (Å²) in [6.07, 6.45) is 0. The number of carbonyl (C=O) groups is 2. The number of hydrogen-bond donors (Lipinski definition) is 2. The Morgan fingerprint density at radius 2 is 2.04 bits per heavy atom. The number of esters is 1. The molecule has 27 heavy (non-hydrogen) atoms. The number of aromatic amines is 1. The average Bonchev–Trinajstić information content (AvgIpc) is 2.93. The second-order valence-corrected chi connectivity index (χ2v) is 7.89. The molecule has 0 spiro atoms. The molecular formula is C18H17N3O4S2. The van der Waals surface area contributed by atoms with E-state index in [1.165, 1.54) is 18.4 Å². The number of nitrogens with zero attached hydrogens (tertiary/aromatic N) is 1. The lowest BCUT2D eigenvalue weighted by Crippen LogP contribution is -2.17. The molecule has 0 saturated heterocycles. The zero-order valence-electron chi connectivity index (χ0n) is 14.9. The van der Waals surface area contributed by atoms with Crippen LogP contribution in [-0.2, 0) is 9.53 Å². The van der Waals surface area contributed by atoms with E-state index in [9.17, 15) is 14.4 Å². The number of methoxy groups -OCH3 is 1. The molecule has 0 radical (unpaired) electrons. The summed E-state index contributed by atoms with van der Waals surface area (Å²) in [6.45, 7) is 3.69. The summed E-state index contributed by atoms with van der Waals surface area (Å²) in [5.41, 5.74) is 1.48. The van der Waals surface area contributed by atoms with Gasteiger partial charge in [0.1, 0.15) is 5.00 Å². The molecule has 1 amide bonds. The monoisotopic (exact) mass is 403 g/mol. The lowest BCUT2D eigenvalue weighted by Gasteiger charge is -2.06. The molecule has 2 N–H and O–H groups in total. The molecule has 0 aliphatic carbocycles. The number of benzene rings is 1. The number of ether oxygens (including phenoxy) is 1. The van der Waals surface area contributed by atoms with Gasteiger partial charge in [-0.25, -0.2) is 9.78 Å². The van der Waals surface area contributed by atoms with Crippen LogP contribution in [0.3, 0.4) is 0 Å². The molecule has 0 atom stereocenters. The number of anilines is 1. The first kappa shape index (κ1) is 19.1. The van der Waals surface area contributed by atoms with Crippen molar-refractivity contribution in [2.24, 2.45) is 0 Å². The van der Waals surface area contributed by atoms with Gasteiger partial charge in [0.25, 0.3) is 5.56 Å². The molecule has 3 rings (SSSR count). The van der Waals surface area contributed by atoms with Crippen LogP contribution in [0.1, 0.15) is 20.8 Å². The fraction of sp³-hybridized carbons (Fsp3) is 0.222. The summed E-state index contributed by atoms with van der Waals surface area (Å²) < 4.78 is 4.80. The number of nitrogens with one attached hydrogen (secondary N) is 2. The summed E-state index contributed by atoms with van der Waals surface area (Å²) in [7, 11) is 1.30. The normalized spacial score (nSPS) is 10.8. The van der Waals surface area contributed by atoms with Gasteiger partial charge >= 0.3 is 5.97 Å². The van der Waals surface area contributed by atoms with Gasteiger partial charge in [0.15, 0.2) is 5.16 Å². The second-order valence-electron chi connectivity index (χ2n) is 5.70. The predicted molar refractivity (Wildman–Crippen MR) is 107 cm³/mol. The number of aromatic nitrogens is 2. The molecule has 140 valence electrons. The number of H-pyrrole nitrogens is 1. The molecule has 9 heteroatoms. The van der Waals surface area contributed by atoms with E-state index in [1.54, 1.807) is 24.3 Å². The Labute approximate surface area is 163 Å². The van der Waals surface area contributed by atoms with Gasteiger partial charge in [-0.05, 0) is 31.5 Å². The number of carbonyl (C=O) groups excluding carboxylic acids is 2. The molecule has 1 aromatic carbocycles. The fourth-order valence-electron chi connectivity index (χ4n) is 2.49. The van der Waals surface area contributed by atoms with Crippen molar-refractivity contribution in [1.29, 1.82) is 0 Å². The second kappa shape index (κ2) is 7.93. The number of thiophene rings is 1. The number of hydrogen-bond acceptors (Lipinski definition) is 7. The van der Waals surface area contributed by atoms with E-state index in [2.05, 4.69) is 15.3 Å². The van der Waals surface area contributed by atoms with E-state index in [0.717, 1.165) is 22.2 Å². The smallest absolute Gasteiger partial charge is 0.341 e. The van der Waals surface area contributed by atoms with Crippen molar-refractivity contribution in [1.82, 2.24) is 9.97 Å². The number of para-hydroxylation sites is 1. The summed E-state index contributed by atoms with van der Waals surface area (Å²) >= 11 is 2.44. The van der Waals surface area contributed by atoms with Crippen molar-refractivity contribution in [2.45, 2.75) is 19.0 Å². The van der Waals surface area contributed by atoms with Crippen molar-refractivity contribution in [2.75, 3.05) is 18.2 Å². The minimum Gasteiger partial charge on any atom is -0.465 e. The maximum atomic E-state index is 12.3. The van der Waals surface area contributed by atoms with Crippen LogP contribution in [0.5, 0.6) is 0 Å². The molecule has 2 heterocycles. The third kappa shape index (κ3) is 4.04. The van der Waals surface area contributed by atoms with E-state index in [1.807, 2.05) is 13.8 Å². The van der Waals surface area contributed by atoms with Crippen LogP contribution in [-0.4, -0.2) is 34.7 Å². The zero-order chi connectivity index (χ0) is 19.6. The Morgan fingerprint density at radius 3 is 2.78 bits per heavy atom. The molecular weight excluding hydrogens is 386 g/mol. The number of thioether (sulfide) groups is 1. The standard InChI is InChI=1S/C18H17N3O4S2/c1-9-10(2)27-16(14(9)17(24)25-3)20-13(22)8-26-18-19-12-7-5-4-6-11(12)15(23)21-18/h4-7H,8H2,1-3H3,(H,20,22)(H,19,21,23). The molecule has 2 aromatic heterocycles. The zero-order valence-corrected chi connectivity index (χ0v) is 16.5. The van der Waals surface area contributed by atoms with Crippen molar-refractivity contribution in [3.8, 4) is 0 Å². The molecule has 0 fully saturated rings. The predicted octanol–water partition coefficient (Wildman–Crippen LogP) is 3.12. The Morgan fingerprint density at radius 1 is 1.30 bits per heavy atom. The van der Waals surface area contributed by atoms with Gasteiger partial charge in [-0.1, -0.05) is 23.9 Å². The van der Waals surface area contributed by atoms with Gasteiger partial charge in [-0.3, -0.25) is 9.59 Å². The lowest BCUT2D eigenvalue weighted by molar-refractivity contribution is -0.113. The highest BCUT2D eigenvalue weighted by Crippen LogP contribution is 2.33. The van der Waals surface area contributed by atoms with Crippen LogP contribution in [0.4, 0.5) is 5.00 Å². The van der Waals surface area contributed by atoms with Crippen LogP contribution >= 0.6 is 23.1 Å². The number of rotatable bonds is 5. The third-order valence-corrected chi connectivity index (χ3v) is 5.95. The Kier molecular flexibility index (Phi) is 5.62. The third-order valence-electron chi connectivity index (χ3n) is 3.96. The van der Waals surface area contributed by atoms with Crippen molar-refractivity contribution in [3.05, 3.63) is 50.6 Å². The first-order valence-electron chi connectivity index (χ1n) is 8.00. The van der Waals surface area contributed by atoms with E-state index in [4.69, 9.17) is 4.74 Å². The Balaban J connectivity index is 1.73. The summed E-state index contributed by atoms with van der Waals surface area (Å²) in [5, 5.41) is 4.07. The minimum atomic E-state index is -0.486. The van der Waals surface area contributed by atoms with Gasteiger partial charge in [-0.2, -0.15) is 0 Å². The van der Waals surface area contributed by atoms with Crippen LogP contribution < -0.4 is 10.9 Å². The highest BCUT2D eigenvalue weighted by molar-refractivity contribution is 7.99. The molecule has 0 bridgehead atoms. The molecule has 3 aromatic rings. The summed E-state index contributed by atoms with van der Waals surface area (Å²) in [6, 6.07) is 7.00. The maximum absolute atomic E-state index is 12.3. The first-order valence-corrected chi connectivity index (χ1v) is 9.81. The van der Waals surface area contributed by atoms with E-state index in [0.29, 0.717) is 26.6 Å². The maximum Gasteiger partial charge on any atom is 0.341 e. The highest BCUT2D eigenvalue weighted by Gasteiger charge is 2.21. The highest BCUT2D eigenvalue weighted by atomic mass is 32.2. The largest absolute Gasteiger partial charge is 0.465 e. The Hall–Kier alpha value is -2.65. The van der Waals surface area contributed by atoms with Crippen LogP contribution in [0.2, 0.25) is 0 Å². The summed E-state index contributed by atoms with van der Waals surface area (Å²) in [4.78, 5) is 44.3. The van der Waals surface area contributed by atoms with Gasteiger partial charge in [0, 0.05) is 4.88 Å². The molecule has 0 aliphatic heterocycles. The Bertz CT molecular complexity index is 1090. The first-order chi connectivity index (χ1) is 12.9. The van der Waals surface area contributed by atoms with Crippen molar-refractivity contribution >= 4 is 50.9 Å². The number of amides is 1. The van der Waals surface area contributed by atoms with E-state index >= 15 is 0 Å². The van der Waals surface area contributed by atoms with Crippen molar-refractivity contribution in [3.63, 3.8) is 0 Å². The lowest BCUT2D eigenvalue weighted by atomic mass is 10.1. The van der Waals surface area contributed by atoms with Gasteiger partial charge in [0.2, 0.25) is 5.91 Å². The van der Waals surface area contributed by atoms with Gasteiger partial charge < -0.3 is 15.0 Å². The minimum absolute atomic E-state index is 0.0396. The van der Waals surface area contributed by atoms with Crippen LogP contribution in [0.15, 0.2) is 34.2 Å². The molecule has 0 unspecified atom stereocenters. The van der Waals surface area contributed by atoms with Crippen LogP contribution in [0, 0.1) is 13.8 Å². The number of fused-ring (bicyclic) bond motifs is 1. The quantitative estimate of drug-likeness (QED) is 0.386. The van der Waals surface area contributed by atoms with Gasteiger partial charge in [-0.15, -0.1) is 11.3 Å². The van der Waals surface area contributed by atoms with E-state index < -0.39 is 5.97 Å². The van der Waals surface area contributed by atoms with Gasteiger partial charge in [0.05, 0.1) is 29.3 Å². The van der Waals surface area contributed by atoms with Crippen LogP contribution in [0.25, 0.3) is 10.9 Å². The topological polar surface area (TPSA) is 101 Å². The summed E-state index contributed by atoms with van der Waals surface area (Å²) in [5.74, 6) is -0.750. The molecule has 0 saturated carbocycles. The average molecular weight is 403 g/mol.